The van der Waals surface area contributed by atoms with Crippen molar-refractivity contribution in [3.63, 3.8) is 0 Å². The van der Waals surface area contributed by atoms with Crippen LogP contribution in [0, 0.1) is 6.92 Å². The minimum absolute atomic E-state index is 0.139. The Kier molecular flexibility index (Phi) is 11.3. The molecule has 0 spiro atoms. The van der Waals surface area contributed by atoms with E-state index in [0.29, 0.717) is 12.0 Å². The molecule has 0 unspecified atom stereocenters. The summed E-state index contributed by atoms with van der Waals surface area (Å²) in [6, 6.07) is 9.61. The first-order valence-corrected chi connectivity index (χ1v) is 14.2. The summed E-state index contributed by atoms with van der Waals surface area (Å²) in [6.45, 7) is 8.88. The Labute approximate surface area is 167 Å². The van der Waals surface area contributed by atoms with Gasteiger partial charge in [0.25, 0.3) is 5.91 Å². The van der Waals surface area contributed by atoms with Gasteiger partial charge < -0.3 is 0 Å². The Bertz CT molecular complexity index is 583. The van der Waals surface area contributed by atoms with Gasteiger partial charge in [-0.25, -0.2) is 0 Å². The highest BCUT2D eigenvalue weighted by Gasteiger charge is 2.22. The van der Waals surface area contributed by atoms with Gasteiger partial charge in [0.15, 0.2) is 0 Å². The monoisotopic (exact) mass is 389 g/mol. The second-order valence-corrected chi connectivity index (χ2v) is 13.9. The molecule has 2 amide bonds. The second kappa shape index (κ2) is 12.9. The lowest BCUT2D eigenvalue weighted by Crippen LogP contribution is -2.33. The molecule has 1 N–H and O–H groups in total. The van der Waals surface area contributed by atoms with Crippen LogP contribution in [0.15, 0.2) is 24.3 Å². The number of hydrogen-bond acceptors (Lipinski definition) is 2. The normalized spacial score (nSPS) is 11.4. The summed E-state index contributed by atoms with van der Waals surface area (Å²) in [4.78, 5) is 24.4. The van der Waals surface area contributed by atoms with E-state index in [4.69, 9.17) is 0 Å². The standard InChI is InChI=1S/C23H39NO2Si/c1-5-6-7-8-9-10-11-14-18-27(3,4)19-17-22(25)24-23(26)21-16-13-12-15-20(21)2/h12-13,15-16H,5-11,14,17-19H2,1-4H3,(H,24,25,26). The van der Waals surface area contributed by atoms with Gasteiger partial charge >= 0.3 is 0 Å². The van der Waals surface area contributed by atoms with Crippen molar-refractivity contribution in [3.05, 3.63) is 35.4 Å². The van der Waals surface area contributed by atoms with Gasteiger partial charge in [-0.2, -0.15) is 0 Å². The molecule has 0 saturated heterocycles. The molecule has 0 aliphatic rings. The number of imide groups is 1. The molecular weight excluding hydrogens is 350 g/mol. The van der Waals surface area contributed by atoms with E-state index in [1.165, 1.54) is 57.4 Å². The maximum atomic E-state index is 12.2. The van der Waals surface area contributed by atoms with E-state index in [2.05, 4.69) is 25.3 Å². The van der Waals surface area contributed by atoms with Gasteiger partial charge in [0.2, 0.25) is 5.91 Å². The van der Waals surface area contributed by atoms with Gasteiger partial charge in [0, 0.05) is 20.1 Å². The number of rotatable bonds is 13. The van der Waals surface area contributed by atoms with E-state index in [1.807, 2.05) is 25.1 Å². The van der Waals surface area contributed by atoms with Gasteiger partial charge in [-0.15, -0.1) is 0 Å². The molecule has 3 nitrogen and oxygen atoms in total. The zero-order valence-corrected chi connectivity index (χ0v) is 18.9. The van der Waals surface area contributed by atoms with E-state index >= 15 is 0 Å². The zero-order valence-electron chi connectivity index (χ0n) is 17.9. The quantitative estimate of drug-likeness (QED) is 0.309. The number of carbonyl (C=O) groups excluding carboxylic acids is 2. The third-order valence-electron chi connectivity index (χ3n) is 5.38. The molecule has 1 aromatic carbocycles. The molecule has 152 valence electrons. The van der Waals surface area contributed by atoms with Crippen LogP contribution < -0.4 is 5.32 Å². The van der Waals surface area contributed by atoms with E-state index < -0.39 is 8.07 Å². The molecule has 0 aliphatic carbocycles. The average molecular weight is 390 g/mol. The maximum Gasteiger partial charge on any atom is 0.258 e. The topological polar surface area (TPSA) is 46.2 Å². The smallest absolute Gasteiger partial charge is 0.258 e. The SMILES string of the molecule is CCCCCCCCCC[Si](C)(C)CCC(=O)NC(=O)c1ccccc1C. The summed E-state index contributed by atoms with van der Waals surface area (Å²) in [6.07, 6.45) is 11.2. The van der Waals surface area contributed by atoms with Gasteiger partial charge in [-0.3, -0.25) is 14.9 Å². The lowest BCUT2D eigenvalue weighted by atomic mass is 10.1. The summed E-state index contributed by atoms with van der Waals surface area (Å²) in [7, 11) is -1.36. The summed E-state index contributed by atoms with van der Waals surface area (Å²) in [5, 5.41) is 2.55. The fraction of sp³-hybridized carbons (Fsp3) is 0.652. The Balaban J connectivity index is 2.21. The molecule has 0 bridgehead atoms. The second-order valence-electron chi connectivity index (χ2n) is 8.58. The van der Waals surface area contributed by atoms with Crippen molar-refractivity contribution in [1.82, 2.24) is 5.32 Å². The van der Waals surface area contributed by atoms with Crippen molar-refractivity contribution in [2.24, 2.45) is 0 Å². The number of aryl methyl sites for hydroxylation is 1. The first-order chi connectivity index (χ1) is 12.9. The fourth-order valence-corrected chi connectivity index (χ4v) is 5.76. The van der Waals surface area contributed by atoms with Crippen molar-refractivity contribution >= 4 is 19.9 Å². The molecule has 0 aromatic heterocycles. The van der Waals surface area contributed by atoms with Crippen molar-refractivity contribution in [2.75, 3.05) is 0 Å². The molecule has 4 heteroatoms. The van der Waals surface area contributed by atoms with Crippen LogP contribution in [-0.4, -0.2) is 19.9 Å². The van der Waals surface area contributed by atoms with Crippen LogP contribution in [0.4, 0.5) is 0 Å². The lowest BCUT2D eigenvalue weighted by Gasteiger charge is -2.22. The van der Waals surface area contributed by atoms with E-state index in [0.717, 1.165) is 11.6 Å². The van der Waals surface area contributed by atoms with Crippen LogP contribution in [0.1, 0.15) is 80.6 Å². The molecule has 0 aliphatic heterocycles. The minimum atomic E-state index is -1.36. The molecule has 1 aromatic rings. The highest BCUT2D eigenvalue weighted by Crippen LogP contribution is 2.22. The molecule has 0 fully saturated rings. The largest absolute Gasteiger partial charge is 0.292 e. The summed E-state index contributed by atoms with van der Waals surface area (Å²) >= 11 is 0. The van der Waals surface area contributed by atoms with E-state index in [9.17, 15) is 9.59 Å². The molecule has 1 rings (SSSR count). The number of benzene rings is 1. The van der Waals surface area contributed by atoms with E-state index in [1.54, 1.807) is 6.07 Å². The van der Waals surface area contributed by atoms with Crippen LogP contribution in [0.3, 0.4) is 0 Å². The molecular formula is C23H39NO2Si. The first-order valence-electron chi connectivity index (χ1n) is 10.8. The minimum Gasteiger partial charge on any atom is -0.292 e. The molecule has 0 heterocycles. The molecule has 0 radical (unpaired) electrons. The van der Waals surface area contributed by atoms with Gasteiger partial charge in [0.1, 0.15) is 0 Å². The van der Waals surface area contributed by atoms with Crippen molar-refractivity contribution in [2.45, 2.75) is 96.8 Å². The third-order valence-corrected chi connectivity index (χ3v) is 8.69. The van der Waals surface area contributed by atoms with Crippen LogP contribution >= 0.6 is 0 Å². The lowest BCUT2D eigenvalue weighted by molar-refractivity contribution is -0.119. The Morgan fingerprint density at radius 3 is 2.11 bits per heavy atom. The van der Waals surface area contributed by atoms with Crippen LogP contribution in [0.5, 0.6) is 0 Å². The highest BCUT2D eigenvalue weighted by atomic mass is 28.3. The number of hydrogen-bond donors (Lipinski definition) is 1. The predicted molar refractivity (Wildman–Crippen MR) is 118 cm³/mol. The van der Waals surface area contributed by atoms with Crippen LogP contribution in [0.25, 0.3) is 0 Å². The Hall–Kier alpha value is -1.42. The Morgan fingerprint density at radius 1 is 0.889 bits per heavy atom. The first kappa shape index (κ1) is 23.6. The van der Waals surface area contributed by atoms with E-state index in [-0.39, 0.29) is 11.8 Å². The summed E-state index contributed by atoms with van der Waals surface area (Å²) in [5.41, 5.74) is 1.48. The summed E-state index contributed by atoms with van der Waals surface area (Å²) in [5.74, 6) is -0.416. The molecule has 27 heavy (non-hydrogen) atoms. The average Bonchev–Trinajstić information content (AvgIpc) is 2.62. The molecule has 0 saturated carbocycles. The predicted octanol–water partition coefficient (Wildman–Crippen LogP) is 6.49. The van der Waals surface area contributed by atoms with Crippen molar-refractivity contribution < 1.29 is 9.59 Å². The van der Waals surface area contributed by atoms with Gasteiger partial charge in [-0.05, 0) is 24.6 Å². The third kappa shape index (κ3) is 10.5. The maximum absolute atomic E-state index is 12.2. The Morgan fingerprint density at radius 2 is 1.48 bits per heavy atom. The highest BCUT2D eigenvalue weighted by molar-refractivity contribution is 6.77. The number of unbranched alkanes of at least 4 members (excludes halogenated alkanes) is 7. The van der Waals surface area contributed by atoms with Gasteiger partial charge in [0.05, 0.1) is 0 Å². The van der Waals surface area contributed by atoms with Crippen LogP contribution in [0.2, 0.25) is 25.2 Å². The number of amides is 2. The van der Waals surface area contributed by atoms with Gasteiger partial charge in [-0.1, -0.05) is 95.6 Å². The molecule has 0 atom stereocenters. The van der Waals surface area contributed by atoms with Crippen LogP contribution in [-0.2, 0) is 4.79 Å². The zero-order chi connectivity index (χ0) is 20.1. The van der Waals surface area contributed by atoms with Crippen molar-refractivity contribution in [1.29, 1.82) is 0 Å². The van der Waals surface area contributed by atoms with Crippen molar-refractivity contribution in [3.8, 4) is 0 Å². The summed E-state index contributed by atoms with van der Waals surface area (Å²) < 4.78 is 0. The number of nitrogens with one attached hydrogen (secondary N) is 1. The fourth-order valence-electron chi connectivity index (χ4n) is 3.40. The number of carbonyl (C=O) groups is 2.